The monoisotopic (exact) mass is 197 g/mol. The van der Waals surface area contributed by atoms with Crippen LogP contribution in [0.15, 0.2) is 0 Å². The van der Waals surface area contributed by atoms with Gasteiger partial charge < -0.3 is 10.6 Å². The summed E-state index contributed by atoms with van der Waals surface area (Å²) in [7, 11) is 0. The van der Waals surface area contributed by atoms with Gasteiger partial charge in [0.25, 0.3) is 0 Å². The fourth-order valence-corrected chi connectivity index (χ4v) is 2.60. The summed E-state index contributed by atoms with van der Waals surface area (Å²) in [6, 6.07) is 1.35. The lowest BCUT2D eigenvalue weighted by atomic mass is 10.0. The minimum absolute atomic E-state index is 0.654. The van der Waals surface area contributed by atoms with Gasteiger partial charge in [-0.15, -0.1) is 0 Å². The largest absolute Gasteiger partial charge is 0.314 e. The van der Waals surface area contributed by atoms with E-state index in [2.05, 4.69) is 22.5 Å². The minimum atomic E-state index is 0.654. The molecule has 0 radical (unpaired) electrons. The molecular weight excluding hydrogens is 174 g/mol. The average Bonchev–Trinajstić information content (AvgIpc) is 2.30. The molecule has 2 saturated heterocycles. The molecule has 0 saturated carbocycles. The molecule has 3 heteroatoms. The van der Waals surface area contributed by atoms with Gasteiger partial charge in [0.05, 0.1) is 0 Å². The molecule has 2 heterocycles. The Morgan fingerprint density at radius 3 is 2.57 bits per heavy atom. The highest BCUT2D eigenvalue weighted by Crippen LogP contribution is 2.14. The Labute approximate surface area is 87.2 Å². The fraction of sp³-hybridized carbons (Fsp3) is 1.00. The summed E-state index contributed by atoms with van der Waals surface area (Å²) in [4.78, 5) is 2.65. The molecule has 0 bridgehead atoms. The number of hydrogen-bond donors (Lipinski definition) is 2. The van der Waals surface area contributed by atoms with Crippen LogP contribution in [0.1, 0.15) is 26.2 Å². The number of hydrogen-bond acceptors (Lipinski definition) is 3. The Bertz CT molecular complexity index is 142. The summed E-state index contributed by atoms with van der Waals surface area (Å²) in [5.74, 6) is 0. The lowest BCUT2D eigenvalue weighted by Gasteiger charge is -2.39. The summed E-state index contributed by atoms with van der Waals surface area (Å²) in [6.07, 6.45) is 4.22. The van der Waals surface area contributed by atoms with Crippen LogP contribution in [0.25, 0.3) is 0 Å². The zero-order valence-corrected chi connectivity index (χ0v) is 9.26. The molecule has 2 aliphatic rings. The Morgan fingerprint density at radius 1 is 1.14 bits per heavy atom. The highest BCUT2D eigenvalue weighted by atomic mass is 15.2. The van der Waals surface area contributed by atoms with Gasteiger partial charge in [-0.3, -0.25) is 4.90 Å². The number of piperidine rings is 1. The van der Waals surface area contributed by atoms with Crippen molar-refractivity contribution in [3.63, 3.8) is 0 Å². The summed E-state index contributed by atoms with van der Waals surface area (Å²) in [5.41, 5.74) is 0. The molecule has 0 aromatic carbocycles. The molecule has 0 spiro atoms. The summed E-state index contributed by atoms with van der Waals surface area (Å²) < 4.78 is 0. The molecule has 0 aromatic rings. The van der Waals surface area contributed by atoms with Crippen LogP contribution in [0.2, 0.25) is 0 Å². The first-order valence-corrected chi connectivity index (χ1v) is 6.06. The lowest BCUT2D eigenvalue weighted by Crippen LogP contribution is -2.58. The number of nitrogens with zero attached hydrogens (tertiary/aromatic N) is 1. The van der Waals surface area contributed by atoms with E-state index in [0.717, 1.165) is 19.6 Å². The van der Waals surface area contributed by atoms with Crippen molar-refractivity contribution in [3.8, 4) is 0 Å². The van der Waals surface area contributed by atoms with Crippen molar-refractivity contribution in [2.24, 2.45) is 0 Å². The van der Waals surface area contributed by atoms with Crippen LogP contribution in [-0.4, -0.2) is 49.7 Å². The Hall–Kier alpha value is -0.120. The molecular formula is C11H23N3. The quantitative estimate of drug-likeness (QED) is 0.672. The number of rotatable bonds is 2. The predicted molar refractivity (Wildman–Crippen MR) is 59.5 cm³/mol. The summed E-state index contributed by atoms with van der Waals surface area (Å²) in [5, 5.41) is 7.08. The van der Waals surface area contributed by atoms with Crippen LogP contribution in [0, 0.1) is 0 Å². The second kappa shape index (κ2) is 5.10. The third-order valence-corrected chi connectivity index (χ3v) is 3.62. The normalized spacial score (nSPS) is 32.8. The third-order valence-electron chi connectivity index (χ3n) is 3.62. The topological polar surface area (TPSA) is 27.3 Å². The van der Waals surface area contributed by atoms with E-state index in [-0.39, 0.29) is 0 Å². The number of nitrogens with one attached hydrogen (secondary N) is 2. The maximum absolute atomic E-state index is 3.61. The third kappa shape index (κ3) is 2.47. The van der Waals surface area contributed by atoms with Gasteiger partial charge in [-0.1, -0.05) is 6.42 Å². The van der Waals surface area contributed by atoms with E-state index < -0.39 is 0 Å². The van der Waals surface area contributed by atoms with E-state index in [1.807, 2.05) is 0 Å². The molecule has 2 aliphatic heterocycles. The van der Waals surface area contributed by atoms with Crippen molar-refractivity contribution in [1.82, 2.24) is 15.5 Å². The first-order chi connectivity index (χ1) is 6.88. The van der Waals surface area contributed by atoms with Gasteiger partial charge in [-0.25, -0.2) is 0 Å². The number of likely N-dealkylation sites (tertiary alicyclic amines) is 1. The molecule has 0 aliphatic carbocycles. The zero-order valence-electron chi connectivity index (χ0n) is 9.26. The van der Waals surface area contributed by atoms with Gasteiger partial charge in [-0.05, 0) is 32.9 Å². The molecule has 3 nitrogen and oxygen atoms in total. The lowest BCUT2D eigenvalue weighted by molar-refractivity contribution is 0.135. The van der Waals surface area contributed by atoms with Crippen molar-refractivity contribution in [1.29, 1.82) is 0 Å². The maximum atomic E-state index is 3.61. The van der Waals surface area contributed by atoms with Crippen LogP contribution in [0.5, 0.6) is 0 Å². The van der Waals surface area contributed by atoms with Gasteiger partial charge in [0, 0.05) is 31.7 Å². The molecule has 14 heavy (non-hydrogen) atoms. The van der Waals surface area contributed by atoms with E-state index in [9.17, 15) is 0 Å². The Kier molecular flexibility index (Phi) is 3.79. The van der Waals surface area contributed by atoms with Gasteiger partial charge >= 0.3 is 0 Å². The van der Waals surface area contributed by atoms with Crippen LogP contribution in [0.4, 0.5) is 0 Å². The molecule has 2 rings (SSSR count). The second-order valence-corrected chi connectivity index (χ2v) is 4.60. The number of piperazine rings is 1. The van der Waals surface area contributed by atoms with Gasteiger partial charge in [0.1, 0.15) is 0 Å². The van der Waals surface area contributed by atoms with E-state index in [1.165, 1.54) is 32.4 Å². The van der Waals surface area contributed by atoms with Gasteiger partial charge in [-0.2, -0.15) is 0 Å². The Morgan fingerprint density at radius 2 is 1.93 bits per heavy atom. The van der Waals surface area contributed by atoms with Crippen LogP contribution in [0.3, 0.4) is 0 Å². The highest BCUT2D eigenvalue weighted by molar-refractivity contribution is 4.86. The molecule has 2 unspecified atom stereocenters. The molecule has 0 amide bonds. The second-order valence-electron chi connectivity index (χ2n) is 4.60. The van der Waals surface area contributed by atoms with Crippen molar-refractivity contribution < 1.29 is 0 Å². The van der Waals surface area contributed by atoms with Crippen molar-refractivity contribution in [3.05, 3.63) is 0 Å². The summed E-state index contributed by atoms with van der Waals surface area (Å²) in [6.45, 7) is 8.37. The summed E-state index contributed by atoms with van der Waals surface area (Å²) >= 11 is 0. The molecule has 2 fully saturated rings. The SMILES string of the molecule is CC(C1CNCCN1)N1CCCCC1. The van der Waals surface area contributed by atoms with Gasteiger partial charge in [0.15, 0.2) is 0 Å². The first kappa shape index (κ1) is 10.4. The minimum Gasteiger partial charge on any atom is -0.314 e. The fourth-order valence-electron chi connectivity index (χ4n) is 2.60. The van der Waals surface area contributed by atoms with Crippen LogP contribution < -0.4 is 10.6 Å². The van der Waals surface area contributed by atoms with Crippen molar-refractivity contribution in [2.75, 3.05) is 32.7 Å². The highest BCUT2D eigenvalue weighted by Gasteiger charge is 2.25. The molecule has 0 aromatic heterocycles. The smallest absolute Gasteiger partial charge is 0.0346 e. The maximum Gasteiger partial charge on any atom is 0.0346 e. The van der Waals surface area contributed by atoms with E-state index >= 15 is 0 Å². The average molecular weight is 197 g/mol. The van der Waals surface area contributed by atoms with Gasteiger partial charge in [0.2, 0.25) is 0 Å². The molecule has 2 atom stereocenters. The molecule has 82 valence electrons. The standard InChI is InChI=1S/C11H23N3/c1-10(11-9-12-5-6-13-11)14-7-3-2-4-8-14/h10-13H,2-9H2,1H3. The van der Waals surface area contributed by atoms with Crippen molar-refractivity contribution >= 4 is 0 Å². The predicted octanol–water partition coefficient (Wildman–Crippen LogP) is 0.422. The first-order valence-electron chi connectivity index (χ1n) is 6.06. The molecule has 2 N–H and O–H groups in total. The van der Waals surface area contributed by atoms with E-state index in [0.29, 0.717) is 12.1 Å². The van der Waals surface area contributed by atoms with E-state index in [1.54, 1.807) is 0 Å². The zero-order chi connectivity index (χ0) is 9.80. The van der Waals surface area contributed by atoms with E-state index in [4.69, 9.17) is 0 Å². The van der Waals surface area contributed by atoms with Crippen molar-refractivity contribution in [2.45, 2.75) is 38.3 Å². The van der Waals surface area contributed by atoms with Crippen LogP contribution in [-0.2, 0) is 0 Å². The Balaban J connectivity index is 1.82. The van der Waals surface area contributed by atoms with Crippen LogP contribution >= 0.6 is 0 Å².